The van der Waals surface area contributed by atoms with Crippen LogP contribution in [0.2, 0.25) is 0 Å². The normalized spacial score (nSPS) is 10.3. The summed E-state index contributed by atoms with van der Waals surface area (Å²) in [6, 6.07) is 12.3. The summed E-state index contributed by atoms with van der Waals surface area (Å²) in [5, 5.41) is 0. The van der Waals surface area contributed by atoms with Crippen molar-refractivity contribution in [1.82, 2.24) is 0 Å². The Balaban J connectivity index is 2.04. The van der Waals surface area contributed by atoms with Crippen LogP contribution < -0.4 is 4.74 Å². The lowest BCUT2D eigenvalue weighted by atomic mass is 10.2. The molecule has 0 aliphatic heterocycles. The van der Waals surface area contributed by atoms with E-state index in [-0.39, 0.29) is 5.82 Å². The summed E-state index contributed by atoms with van der Waals surface area (Å²) in [7, 11) is 0. The van der Waals surface area contributed by atoms with Crippen molar-refractivity contribution in [2.24, 2.45) is 0 Å². The lowest BCUT2D eigenvalue weighted by Gasteiger charge is -2.07. The maximum Gasteiger partial charge on any atom is 0.123 e. The second-order valence-electron chi connectivity index (χ2n) is 3.52. The first-order chi connectivity index (χ1) is 8.13. The predicted octanol–water partition coefficient (Wildman–Crippen LogP) is 4.61. The molecule has 0 spiro atoms. The van der Waals surface area contributed by atoms with Crippen molar-refractivity contribution in [1.29, 1.82) is 0 Å². The molecule has 2 aromatic rings. The van der Waals surface area contributed by atoms with E-state index in [4.69, 9.17) is 4.74 Å². The molecule has 0 unspecified atom stereocenters. The molecule has 2 aromatic carbocycles. The fourth-order valence-corrected chi connectivity index (χ4v) is 3.46. The SMILES string of the molecule is Fc1ccc(OCc2cc(I)cc(I)c2)cc1. The molecule has 0 saturated carbocycles. The number of benzene rings is 2. The van der Waals surface area contributed by atoms with Gasteiger partial charge in [0.25, 0.3) is 0 Å². The van der Waals surface area contributed by atoms with E-state index < -0.39 is 0 Å². The first-order valence-corrected chi connectivity index (χ1v) is 7.12. The summed E-state index contributed by atoms with van der Waals surface area (Å²) < 4.78 is 20.7. The molecular formula is C13H9FI2O. The molecule has 0 aliphatic carbocycles. The van der Waals surface area contributed by atoms with Gasteiger partial charge in [-0.3, -0.25) is 0 Å². The summed E-state index contributed by atoms with van der Waals surface area (Å²) in [6.07, 6.45) is 0. The lowest BCUT2D eigenvalue weighted by Crippen LogP contribution is -1.96. The van der Waals surface area contributed by atoms with Gasteiger partial charge in [-0.25, -0.2) is 4.39 Å². The van der Waals surface area contributed by atoms with Crippen LogP contribution in [-0.2, 0) is 6.61 Å². The number of ether oxygens (including phenoxy) is 1. The van der Waals surface area contributed by atoms with Gasteiger partial charge in [0.05, 0.1) is 0 Å². The monoisotopic (exact) mass is 454 g/mol. The van der Waals surface area contributed by atoms with E-state index >= 15 is 0 Å². The third kappa shape index (κ3) is 4.09. The van der Waals surface area contributed by atoms with E-state index in [1.807, 2.05) is 0 Å². The molecule has 2 rings (SSSR count). The third-order valence-corrected chi connectivity index (χ3v) is 3.39. The number of hydrogen-bond acceptors (Lipinski definition) is 1. The van der Waals surface area contributed by atoms with Crippen LogP contribution >= 0.6 is 45.2 Å². The van der Waals surface area contributed by atoms with E-state index in [0.29, 0.717) is 12.4 Å². The number of halogens is 3. The van der Waals surface area contributed by atoms with Crippen LogP contribution in [0.25, 0.3) is 0 Å². The van der Waals surface area contributed by atoms with Gasteiger partial charge >= 0.3 is 0 Å². The summed E-state index contributed by atoms with van der Waals surface area (Å²) in [4.78, 5) is 0. The van der Waals surface area contributed by atoms with Crippen molar-refractivity contribution in [3.05, 3.63) is 61.0 Å². The molecule has 88 valence electrons. The minimum Gasteiger partial charge on any atom is -0.489 e. The fraction of sp³-hybridized carbons (Fsp3) is 0.0769. The maximum atomic E-state index is 12.7. The molecular weight excluding hydrogens is 445 g/mol. The van der Waals surface area contributed by atoms with Gasteiger partial charge in [0.1, 0.15) is 18.2 Å². The summed E-state index contributed by atoms with van der Waals surface area (Å²) in [5.41, 5.74) is 1.12. The Morgan fingerprint density at radius 2 is 1.53 bits per heavy atom. The van der Waals surface area contributed by atoms with Crippen molar-refractivity contribution in [2.45, 2.75) is 6.61 Å². The van der Waals surface area contributed by atoms with Gasteiger partial charge in [-0.15, -0.1) is 0 Å². The molecule has 0 radical (unpaired) electrons. The van der Waals surface area contributed by atoms with Crippen LogP contribution in [0.1, 0.15) is 5.56 Å². The lowest BCUT2D eigenvalue weighted by molar-refractivity contribution is 0.305. The van der Waals surface area contributed by atoms with Crippen molar-refractivity contribution in [2.75, 3.05) is 0 Å². The minimum absolute atomic E-state index is 0.249. The molecule has 0 bridgehead atoms. The summed E-state index contributed by atoms with van der Waals surface area (Å²) >= 11 is 4.56. The van der Waals surface area contributed by atoms with Gasteiger partial charge in [0.15, 0.2) is 0 Å². The summed E-state index contributed by atoms with van der Waals surface area (Å²) in [6.45, 7) is 0.498. The van der Waals surface area contributed by atoms with Gasteiger partial charge in [0, 0.05) is 7.14 Å². The molecule has 0 amide bonds. The Bertz CT molecular complexity index is 491. The van der Waals surface area contributed by atoms with E-state index in [1.54, 1.807) is 12.1 Å². The first kappa shape index (κ1) is 13.1. The highest BCUT2D eigenvalue weighted by Gasteiger charge is 1.99. The molecule has 0 N–H and O–H groups in total. The van der Waals surface area contributed by atoms with E-state index in [0.717, 1.165) is 5.56 Å². The highest BCUT2D eigenvalue weighted by Crippen LogP contribution is 2.17. The number of hydrogen-bond donors (Lipinski definition) is 0. The van der Waals surface area contributed by atoms with Gasteiger partial charge in [-0.2, -0.15) is 0 Å². The van der Waals surface area contributed by atoms with E-state index in [2.05, 4.69) is 63.4 Å². The summed E-state index contributed by atoms with van der Waals surface area (Å²) in [5.74, 6) is 0.432. The molecule has 0 atom stereocenters. The molecule has 0 aliphatic rings. The first-order valence-electron chi connectivity index (χ1n) is 4.97. The molecule has 0 aromatic heterocycles. The second kappa shape index (κ2) is 5.99. The minimum atomic E-state index is -0.249. The molecule has 1 nitrogen and oxygen atoms in total. The molecule has 0 heterocycles. The van der Waals surface area contributed by atoms with Crippen molar-refractivity contribution in [3.8, 4) is 5.75 Å². The van der Waals surface area contributed by atoms with Crippen LogP contribution in [0.4, 0.5) is 4.39 Å². The largest absolute Gasteiger partial charge is 0.489 e. The molecule has 17 heavy (non-hydrogen) atoms. The van der Waals surface area contributed by atoms with Crippen molar-refractivity contribution in [3.63, 3.8) is 0 Å². The Labute approximate surface area is 127 Å². The van der Waals surface area contributed by atoms with Crippen LogP contribution in [0.3, 0.4) is 0 Å². The van der Waals surface area contributed by atoms with Crippen molar-refractivity contribution >= 4 is 45.2 Å². The highest BCUT2D eigenvalue weighted by atomic mass is 127. The van der Waals surface area contributed by atoms with Crippen LogP contribution in [-0.4, -0.2) is 0 Å². The zero-order valence-electron chi connectivity index (χ0n) is 8.79. The van der Waals surface area contributed by atoms with E-state index in [9.17, 15) is 4.39 Å². The Hall–Kier alpha value is -0.370. The van der Waals surface area contributed by atoms with Gasteiger partial charge < -0.3 is 4.74 Å². The van der Waals surface area contributed by atoms with Crippen molar-refractivity contribution < 1.29 is 9.13 Å². The fourth-order valence-electron chi connectivity index (χ4n) is 1.39. The van der Waals surface area contributed by atoms with Gasteiger partial charge in [-0.1, -0.05) is 0 Å². The Morgan fingerprint density at radius 1 is 0.941 bits per heavy atom. The molecule has 0 fully saturated rings. The molecule has 4 heteroatoms. The van der Waals surface area contributed by atoms with E-state index in [1.165, 1.54) is 19.3 Å². The standard InChI is InChI=1S/C13H9FI2O/c14-10-1-3-13(4-2-10)17-8-9-5-11(15)7-12(16)6-9/h1-7H,8H2. The number of rotatable bonds is 3. The van der Waals surface area contributed by atoms with Crippen LogP contribution in [0.5, 0.6) is 5.75 Å². The average molecular weight is 454 g/mol. The predicted molar refractivity (Wildman–Crippen MR) is 82.6 cm³/mol. The van der Waals surface area contributed by atoms with Gasteiger partial charge in [0.2, 0.25) is 0 Å². The Kier molecular flexibility index (Phi) is 4.61. The quantitative estimate of drug-likeness (QED) is 0.616. The smallest absolute Gasteiger partial charge is 0.123 e. The second-order valence-corrected chi connectivity index (χ2v) is 6.01. The zero-order valence-corrected chi connectivity index (χ0v) is 13.1. The maximum absolute atomic E-state index is 12.7. The Morgan fingerprint density at radius 3 is 2.12 bits per heavy atom. The van der Waals surface area contributed by atoms with Gasteiger partial charge in [-0.05, 0) is 93.2 Å². The molecule has 0 saturated heterocycles. The third-order valence-electron chi connectivity index (χ3n) is 2.14. The topological polar surface area (TPSA) is 9.23 Å². The van der Waals surface area contributed by atoms with Crippen LogP contribution in [0.15, 0.2) is 42.5 Å². The zero-order chi connectivity index (χ0) is 12.3. The van der Waals surface area contributed by atoms with Crippen LogP contribution in [0, 0.1) is 13.0 Å². The highest BCUT2D eigenvalue weighted by molar-refractivity contribution is 14.1. The average Bonchev–Trinajstić information content (AvgIpc) is 2.27.